The third-order valence-electron chi connectivity index (χ3n) is 3.63. The van der Waals surface area contributed by atoms with Crippen molar-refractivity contribution >= 4 is 11.6 Å². The molecule has 0 aliphatic heterocycles. The summed E-state index contributed by atoms with van der Waals surface area (Å²) in [5.74, 6) is -0.349. The van der Waals surface area contributed by atoms with Gasteiger partial charge in [0.05, 0.1) is 11.3 Å². The first-order valence-electron chi connectivity index (χ1n) is 7.29. The number of imidazole rings is 1. The number of hydrogen-bond donors (Lipinski definition) is 1. The molecule has 0 bridgehead atoms. The van der Waals surface area contributed by atoms with Crippen molar-refractivity contribution in [1.29, 1.82) is 0 Å². The van der Waals surface area contributed by atoms with Crippen LogP contribution in [0.25, 0.3) is 5.65 Å². The maximum absolute atomic E-state index is 12.9. The monoisotopic (exact) mass is 311 g/mol. The SMILES string of the molecule is CCCc1nc2ccc(C(F)(F)F)cn2c1C(=O)NC1CC1. The zero-order chi connectivity index (χ0) is 15.9. The molecule has 2 heterocycles. The lowest BCUT2D eigenvalue weighted by atomic mass is 10.2. The van der Waals surface area contributed by atoms with Gasteiger partial charge in [0.2, 0.25) is 0 Å². The number of hydrogen-bond acceptors (Lipinski definition) is 2. The Labute approximate surface area is 125 Å². The summed E-state index contributed by atoms with van der Waals surface area (Å²) in [5.41, 5.74) is 0.327. The zero-order valence-electron chi connectivity index (χ0n) is 12.1. The molecule has 1 N–H and O–H groups in total. The van der Waals surface area contributed by atoms with Gasteiger partial charge in [-0.05, 0) is 31.4 Å². The molecule has 0 saturated heterocycles. The molecule has 22 heavy (non-hydrogen) atoms. The maximum Gasteiger partial charge on any atom is 0.417 e. The highest BCUT2D eigenvalue weighted by molar-refractivity contribution is 5.95. The van der Waals surface area contributed by atoms with E-state index in [2.05, 4.69) is 10.3 Å². The number of aromatic nitrogens is 2. The number of alkyl halides is 3. The van der Waals surface area contributed by atoms with E-state index in [0.29, 0.717) is 17.8 Å². The molecule has 1 amide bonds. The Morgan fingerprint density at radius 2 is 2.14 bits per heavy atom. The molecule has 2 aromatic heterocycles. The number of carbonyl (C=O) groups is 1. The molecule has 1 aliphatic rings. The van der Waals surface area contributed by atoms with Gasteiger partial charge in [-0.1, -0.05) is 13.3 Å². The summed E-state index contributed by atoms with van der Waals surface area (Å²) >= 11 is 0. The van der Waals surface area contributed by atoms with E-state index >= 15 is 0 Å². The average Bonchev–Trinajstić information content (AvgIpc) is 3.16. The van der Waals surface area contributed by atoms with Crippen molar-refractivity contribution in [1.82, 2.24) is 14.7 Å². The standard InChI is InChI=1S/C15H16F3N3O/c1-2-3-11-13(14(22)19-10-5-6-10)21-8-9(15(16,17)18)4-7-12(21)20-11/h4,7-8,10H,2-3,5-6H2,1H3,(H,19,22). The van der Waals surface area contributed by atoms with Crippen LogP contribution >= 0.6 is 0 Å². The quantitative estimate of drug-likeness (QED) is 0.942. The molecule has 4 nitrogen and oxygen atoms in total. The number of pyridine rings is 1. The Kier molecular flexibility index (Phi) is 3.58. The van der Waals surface area contributed by atoms with Crippen LogP contribution in [-0.2, 0) is 12.6 Å². The van der Waals surface area contributed by atoms with Crippen molar-refractivity contribution in [2.75, 3.05) is 0 Å². The van der Waals surface area contributed by atoms with E-state index in [1.54, 1.807) is 0 Å². The molecule has 1 fully saturated rings. The van der Waals surface area contributed by atoms with Crippen LogP contribution in [0.2, 0.25) is 0 Å². The van der Waals surface area contributed by atoms with E-state index < -0.39 is 11.7 Å². The van der Waals surface area contributed by atoms with Gasteiger partial charge < -0.3 is 5.32 Å². The molecular formula is C15H16F3N3O. The smallest absolute Gasteiger partial charge is 0.348 e. The van der Waals surface area contributed by atoms with E-state index in [4.69, 9.17) is 0 Å². The fourth-order valence-electron chi connectivity index (χ4n) is 2.39. The summed E-state index contributed by atoms with van der Waals surface area (Å²) in [7, 11) is 0. The van der Waals surface area contributed by atoms with E-state index in [0.717, 1.165) is 31.5 Å². The number of rotatable bonds is 4. The number of aryl methyl sites for hydroxylation is 1. The summed E-state index contributed by atoms with van der Waals surface area (Å²) < 4.78 is 39.9. The molecule has 118 valence electrons. The number of halogens is 3. The third-order valence-corrected chi connectivity index (χ3v) is 3.63. The van der Waals surface area contributed by atoms with Gasteiger partial charge in [-0.15, -0.1) is 0 Å². The minimum Gasteiger partial charge on any atom is -0.348 e. The van der Waals surface area contributed by atoms with Crippen molar-refractivity contribution in [3.63, 3.8) is 0 Å². The lowest BCUT2D eigenvalue weighted by Crippen LogP contribution is -2.27. The summed E-state index contributed by atoms with van der Waals surface area (Å²) in [6.45, 7) is 1.94. The Morgan fingerprint density at radius 1 is 1.41 bits per heavy atom. The second kappa shape index (κ2) is 5.30. The molecule has 1 saturated carbocycles. The predicted octanol–water partition coefficient (Wildman–Crippen LogP) is 3.20. The minimum atomic E-state index is -4.45. The van der Waals surface area contributed by atoms with Crippen LogP contribution in [0.3, 0.4) is 0 Å². The lowest BCUT2D eigenvalue weighted by Gasteiger charge is -2.09. The average molecular weight is 311 g/mol. The molecule has 3 rings (SSSR count). The second-order valence-corrected chi connectivity index (χ2v) is 5.55. The van der Waals surface area contributed by atoms with E-state index in [1.807, 2.05) is 6.92 Å². The highest BCUT2D eigenvalue weighted by Crippen LogP contribution is 2.30. The van der Waals surface area contributed by atoms with Gasteiger partial charge in [0.15, 0.2) is 0 Å². The van der Waals surface area contributed by atoms with Gasteiger partial charge in [0.25, 0.3) is 5.91 Å². The molecule has 0 radical (unpaired) electrons. The number of nitrogens with zero attached hydrogens (tertiary/aromatic N) is 2. The van der Waals surface area contributed by atoms with Gasteiger partial charge in [0, 0.05) is 12.2 Å². The highest BCUT2D eigenvalue weighted by atomic mass is 19.4. The maximum atomic E-state index is 12.9. The van der Waals surface area contributed by atoms with Crippen LogP contribution in [0.1, 0.15) is 47.9 Å². The van der Waals surface area contributed by atoms with Gasteiger partial charge in [-0.3, -0.25) is 9.20 Å². The van der Waals surface area contributed by atoms with Crippen LogP contribution in [0.5, 0.6) is 0 Å². The fourth-order valence-corrected chi connectivity index (χ4v) is 2.39. The Hall–Kier alpha value is -2.05. The first-order chi connectivity index (χ1) is 10.4. The lowest BCUT2D eigenvalue weighted by molar-refractivity contribution is -0.137. The fraction of sp³-hybridized carbons (Fsp3) is 0.467. The van der Waals surface area contributed by atoms with Gasteiger partial charge in [-0.25, -0.2) is 4.98 Å². The normalized spacial score (nSPS) is 15.3. The number of carbonyl (C=O) groups excluding carboxylic acids is 1. The minimum absolute atomic E-state index is 0.137. The van der Waals surface area contributed by atoms with Crippen molar-refractivity contribution in [2.24, 2.45) is 0 Å². The number of fused-ring (bicyclic) bond motifs is 1. The van der Waals surface area contributed by atoms with E-state index in [9.17, 15) is 18.0 Å². The van der Waals surface area contributed by atoms with Gasteiger partial charge in [0.1, 0.15) is 11.3 Å². The molecular weight excluding hydrogens is 295 g/mol. The highest BCUT2D eigenvalue weighted by Gasteiger charge is 2.32. The predicted molar refractivity (Wildman–Crippen MR) is 74.7 cm³/mol. The molecule has 0 atom stereocenters. The molecule has 1 aliphatic carbocycles. The summed E-state index contributed by atoms with van der Waals surface area (Å²) in [5, 5.41) is 2.82. The van der Waals surface area contributed by atoms with Crippen LogP contribution in [0.4, 0.5) is 13.2 Å². The van der Waals surface area contributed by atoms with Crippen LogP contribution in [0, 0.1) is 0 Å². The number of amides is 1. The van der Waals surface area contributed by atoms with Crippen molar-refractivity contribution in [3.8, 4) is 0 Å². The Bertz CT molecular complexity index is 717. The van der Waals surface area contributed by atoms with E-state index in [1.165, 1.54) is 10.5 Å². The van der Waals surface area contributed by atoms with Crippen molar-refractivity contribution in [2.45, 2.75) is 44.8 Å². The summed E-state index contributed by atoms with van der Waals surface area (Å²) in [4.78, 5) is 16.7. The van der Waals surface area contributed by atoms with Crippen LogP contribution < -0.4 is 5.32 Å². The Balaban J connectivity index is 2.10. The van der Waals surface area contributed by atoms with Crippen molar-refractivity contribution < 1.29 is 18.0 Å². The molecule has 7 heteroatoms. The van der Waals surface area contributed by atoms with Crippen LogP contribution in [-0.4, -0.2) is 21.3 Å². The molecule has 0 aromatic carbocycles. The summed E-state index contributed by atoms with van der Waals surface area (Å²) in [6.07, 6.45) is -0.355. The Morgan fingerprint density at radius 3 is 2.73 bits per heavy atom. The topological polar surface area (TPSA) is 46.4 Å². The molecule has 2 aromatic rings. The first-order valence-corrected chi connectivity index (χ1v) is 7.29. The zero-order valence-corrected chi connectivity index (χ0v) is 12.1. The second-order valence-electron chi connectivity index (χ2n) is 5.55. The third kappa shape index (κ3) is 2.80. The van der Waals surface area contributed by atoms with Gasteiger partial charge in [-0.2, -0.15) is 13.2 Å². The first kappa shape index (κ1) is 14.9. The summed E-state index contributed by atoms with van der Waals surface area (Å²) in [6, 6.07) is 2.43. The molecule has 0 unspecified atom stereocenters. The van der Waals surface area contributed by atoms with E-state index in [-0.39, 0.29) is 17.6 Å². The van der Waals surface area contributed by atoms with Crippen LogP contribution in [0.15, 0.2) is 18.3 Å². The van der Waals surface area contributed by atoms with Crippen molar-refractivity contribution in [3.05, 3.63) is 35.3 Å². The largest absolute Gasteiger partial charge is 0.417 e. The molecule has 0 spiro atoms. The van der Waals surface area contributed by atoms with Gasteiger partial charge >= 0.3 is 6.18 Å². The number of nitrogens with one attached hydrogen (secondary N) is 1.